The number of carbonyl (C=O) groups is 1. The molecule has 0 aliphatic rings. The quantitative estimate of drug-likeness (QED) is 0.857. The topological polar surface area (TPSA) is 49.3 Å². The van der Waals surface area contributed by atoms with E-state index in [0.29, 0.717) is 22.7 Å². The fraction of sp³-hybridized carbons (Fsp3) is 0.133. The second-order valence-corrected chi connectivity index (χ2v) is 5.36. The van der Waals surface area contributed by atoms with Gasteiger partial charge in [0.15, 0.2) is 0 Å². The van der Waals surface area contributed by atoms with Crippen molar-refractivity contribution in [3.05, 3.63) is 56.7 Å². The van der Waals surface area contributed by atoms with Crippen molar-refractivity contribution < 1.29 is 9.90 Å². The van der Waals surface area contributed by atoms with E-state index in [2.05, 4.69) is 17.2 Å². The Morgan fingerprint density at radius 3 is 2.90 bits per heavy atom. The first kappa shape index (κ1) is 14.6. The number of nitrogens with one attached hydrogen (secondary N) is 1. The van der Waals surface area contributed by atoms with Crippen molar-refractivity contribution in [1.29, 1.82) is 0 Å². The highest BCUT2D eigenvalue weighted by atomic mass is 35.5. The largest absolute Gasteiger partial charge is 0.384 e. The van der Waals surface area contributed by atoms with Crippen molar-refractivity contribution in [2.24, 2.45) is 0 Å². The van der Waals surface area contributed by atoms with Crippen molar-refractivity contribution >= 4 is 28.8 Å². The van der Waals surface area contributed by atoms with Crippen LogP contribution in [-0.4, -0.2) is 17.6 Å². The summed E-state index contributed by atoms with van der Waals surface area (Å²) < 4.78 is 0. The number of aliphatic hydroxyl groups is 1. The van der Waals surface area contributed by atoms with Crippen LogP contribution < -0.4 is 5.32 Å². The second kappa shape index (κ2) is 7.11. The molecule has 0 saturated carbocycles. The molecule has 3 nitrogen and oxygen atoms in total. The Labute approximate surface area is 126 Å². The molecule has 20 heavy (non-hydrogen) atoms. The van der Waals surface area contributed by atoms with E-state index in [-0.39, 0.29) is 12.5 Å². The summed E-state index contributed by atoms with van der Waals surface area (Å²) in [6.07, 6.45) is 0. The summed E-state index contributed by atoms with van der Waals surface area (Å²) >= 11 is 7.64. The predicted octanol–water partition coefficient (Wildman–Crippen LogP) is 2.68. The number of hydrogen-bond acceptors (Lipinski definition) is 3. The van der Waals surface area contributed by atoms with Gasteiger partial charge in [-0.3, -0.25) is 4.79 Å². The first-order valence-corrected chi connectivity index (χ1v) is 7.16. The van der Waals surface area contributed by atoms with E-state index in [9.17, 15) is 4.79 Å². The average Bonchev–Trinajstić information content (AvgIpc) is 2.96. The van der Waals surface area contributed by atoms with E-state index in [4.69, 9.17) is 16.7 Å². The molecule has 0 aliphatic heterocycles. The van der Waals surface area contributed by atoms with Crippen LogP contribution in [0.5, 0.6) is 0 Å². The van der Waals surface area contributed by atoms with Crippen molar-refractivity contribution in [2.75, 3.05) is 6.61 Å². The molecule has 1 aromatic heterocycles. The van der Waals surface area contributed by atoms with E-state index in [1.54, 1.807) is 29.5 Å². The molecule has 2 rings (SSSR count). The summed E-state index contributed by atoms with van der Waals surface area (Å²) in [6.45, 7) is 0.277. The number of thiophene rings is 1. The van der Waals surface area contributed by atoms with Gasteiger partial charge in [-0.25, -0.2) is 0 Å². The molecule has 1 aromatic carbocycles. The summed E-state index contributed by atoms with van der Waals surface area (Å²) in [5.41, 5.74) is 1.08. The third-order valence-electron chi connectivity index (χ3n) is 2.54. The third kappa shape index (κ3) is 3.84. The van der Waals surface area contributed by atoms with E-state index in [1.807, 2.05) is 17.5 Å². The Bertz CT molecular complexity index is 656. The van der Waals surface area contributed by atoms with Gasteiger partial charge in [0.1, 0.15) is 6.61 Å². The molecule has 5 heteroatoms. The van der Waals surface area contributed by atoms with E-state index in [0.717, 1.165) is 4.88 Å². The molecule has 0 atom stereocenters. The van der Waals surface area contributed by atoms with Crippen LogP contribution in [-0.2, 0) is 6.54 Å². The van der Waals surface area contributed by atoms with Gasteiger partial charge in [0.2, 0.25) is 0 Å². The maximum absolute atomic E-state index is 12.0. The molecular formula is C15H12ClNO2S. The SMILES string of the molecule is O=C(NCc1cccs1)c1ccc(C#CCO)c(Cl)c1. The maximum atomic E-state index is 12.0. The van der Waals surface area contributed by atoms with Crippen LogP contribution in [0.1, 0.15) is 20.8 Å². The molecule has 0 spiro atoms. The molecule has 2 N–H and O–H groups in total. The van der Waals surface area contributed by atoms with E-state index < -0.39 is 0 Å². The van der Waals surface area contributed by atoms with Crippen molar-refractivity contribution in [3.8, 4) is 11.8 Å². The average molecular weight is 306 g/mol. The summed E-state index contributed by atoms with van der Waals surface area (Å²) in [4.78, 5) is 13.1. The van der Waals surface area contributed by atoms with Gasteiger partial charge in [0.25, 0.3) is 5.91 Å². The fourth-order valence-electron chi connectivity index (χ4n) is 1.58. The molecule has 0 fully saturated rings. The van der Waals surface area contributed by atoms with Gasteiger partial charge in [-0.1, -0.05) is 29.5 Å². The number of carbonyl (C=O) groups excluding carboxylic acids is 1. The normalized spacial score (nSPS) is 9.70. The zero-order valence-corrected chi connectivity index (χ0v) is 12.1. The van der Waals surface area contributed by atoms with Crippen molar-refractivity contribution in [1.82, 2.24) is 5.32 Å². The molecule has 2 aromatic rings. The van der Waals surface area contributed by atoms with E-state index in [1.165, 1.54) is 0 Å². The van der Waals surface area contributed by atoms with Gasteiger partial charge in [0, 0.05) is 16.0 Å². The van der Waals surface area contributed by atoms with Crippen LogP contribution in [0.4, 0.5) is 0 Å². The Kier molecular flexibility index (Phi) is 5.19. The lowest BCUT2D eigenvalue weighted by Gasteiger charge is -2.05. The number of hydrogen-bond donors (Lipinski definition) is 2. The number of rotatable bonds is 3. The smallest absolute Gasteiger partial charge is 0.251 e. The minimum Gasteiger partial charge on any atom is -0.384 e. The van der Waals surface area contributed by atoms with Crippen LogP contribution in [0, 0.1) is 11.8 Å². The summed E-state index contributed by atoms with van der Waals surface area (Å²) in [5.74, 6) is 5.06. The second-order valence-electron chi connectivity index (χ2n) is 3.92. The van der Waals surface area contributed by atoms with Crippen molar-refractivity contribution in [2.45, 2.75) is 6.54 Å². The number of benzene rings is 1. The van der Waals surface area contributed by atoms with Gasteiger partial charge in [0.05, 0.1) is 11.6 Å². The van der Waals surface area contributed by atoms with Crippen molar-refractivity contribution in [3.63, 3.8) is 0 Å². The molecule has 0 radical (unpaired) electrons. The maximum Gasteiger partial charge on any atom is 0.251 e. The minimum atomic E-state index is -0.223. The van der Waals surface area contributed by atoms with Crippen LogP contribution in [0.25, 0.3) is 0 Å². The standard InChI is InChI=1S/C15H12ClNO2S/c16-14-9-12(6-5-11(14)3-1-7-18)15(19)17-10-13-4-2-8-20-13/h2,4-6,8-9,18H,7,10H2,(H,17,19). The lowest BCUT2D eigenvalue weighted by atomic mass is 10.1. The molecule has 1 heterocycles. The zero-order valence-electron chi connectivity index (χ0n) is 10.5. The molecule has 0 bridgehead atoms. The first-order chi connectivity index (χ1) is 9.70. The summed E-state index contributed by atoms with van der Waals surface area (Å²) in [5, 5.41) is 13.8. The molecule has 0 unspecified atom stereocenters. The summed E-state index contributed by atoms with van der Waals surface area (Å²) in [6, 6.07) is 8.82. The van der Waals surface area contributed by atoms with Gasteiger partial charge in [-0.15, -0.1) is 11.3 Å². The van der Waals surface area contributed by atoms with E-state index >= 15 is 0 Å². The fourth-order valence-corrected chi connectivity index (χ4v) is 2.45. The number of aliphatic hydroxyl groups excluding tert-OH is 1. The highest BCUT2D eigenvalue weighted by Gasteiger charge is 2.08. The van der Waals surface area contributed by atoms with Crippen LogP contribution in [0.3, 0.4) is 0 Å². The summed E-state index contributed by atoms with van der Waals surface area (Å²) in [7, 11) is 0. The minimum absolute atomic E-state index is 0.179. The lowest BCUT2D eigenvalue weighted by Crippen LogP contribution is -2.22. The number of amides is 1. The highest BCUT2D eigenvalue weighted by Crippen LogP contribution is 2.17. The highest BCUT2D eigenvalue weighted by molar-refractivity contribution is 7.09. The molecule has 1 amide bonds. The molecule has 0 aliphatic carbocycles. The lowest BCUT2D eigenvalue weighted by molar-refractivity contribution is 0.0951. The Hall–Kier alpha value is -1.80. The van der Waals surface area contributed by atoms with Crippen LogP contribution in [0.2, 0.25) is 5.02 Å². The Balaban J connectivity index is 2.05. The first-order valence-electron chi connectivity index (χ1n) is 5.90. The Morgan fingerprint density at radius 2 is 2.25 bits per heavy atom. The third-order valence-corrected chi connectivity index (χ3v) is 3.73. The van der Waals surface area contributed by atoms with Crippen LogP contribution >= 0.6 is 22.9 Å². The molecular weight excluding hydrogens is 294 g/mol. The van der Waals surface area contributed by atoms with Gasteiger partial charge in [-0.05, 0) is 29.6 Å². The zero-order chi connectivity index (χ0) is 14.4. The van der Waals surface area contributed by atoms with Crippen LogP contribution in [0.15, 0.2) is 35.7 Å². The van der Waals surface area contributed by atoms with Gasteiger partial charge in [-0.2, -0.15) is 0 Å². The predicted molar refractivity (Wildman–Crippen MR) is 80.9 cm³/mol. The van der Waals surface area contributed by atoms with Gasteiger partial charge < -0.3 is 10.4 Å². The number of halogens is 1. The monoisotopic (exact) mass is 305 g/mol. The van der Waals surface area contributed by atoms with Gasteiger partial charge >= 0.3 is 0 Å². The molecule has 0 saturated heterocycles. The Morgan fingerprint density at radius 1 is 1.40 bits per heavy atom. The molecule has 102 valence electrons.